The number of hydrogen-bond acceptors (Lipinski definition) is 5. The van der Waals surface area contributed by atoms with E-state index >= 15 is 0 Å². The van der Waals surface area contributed by atoms with Gasteiger partial charge in [0, 0.05) is 31.1 Å². The number of anilines is 1. The maximum absolute atomic E-state index is 5.85. The maximum Gasteiger partial charge on any atom is 0.154 e. The van der Waals surface area contributed by atoms with Crippen LogP contribution in [0.25, 0.3) is 27.8 Å². The van der Waals surface area contributed by atoms with Crippen LogP contribution >= 0.6 is 0 Å². The summed E-state index contributed by atoms with van der Waals surface area (Å²) in [6.07, 6.45) is 4.16. The van der Waals surface area contributed by atoms with E-state index in [2.05, 4.69) is 47.0 Å². The van der Waals surface area contributed by atoms with Gasteiger partial charge in [-0.05, 0) is 38.1 Å². The summed E-state index contributed by atoms with van der Waals surface area (Å²) in [5.74, 6) is 0.950. The monoisotopic (exact) mass is 362 g/mol. The van der Waals surface area contributed by atoms with Gasteiger partial charge >= 0.3 is 0 Å². The van der Waals surface area contributed by atoms with Crippen molar-refractivity contribution in [1.82, 2.24) is 24.4 Å². The normalized spacial score (nSPS) is 20.6. The first-order valence-corrected chi connectivity index (χ1v) is 9.26. The number of rotatable bonds is 2. The number of nitrogens with zero attached hydrogens (tertiary/aromatic N) is 6. The SMILES string of the molecule is C[C@@H]1CN(c2ccc3ncc(-c4ccc5c(cnn5C)c4)n3n2)C[C@H](C)O1. The van der Waals surface area contributed by atoms with Crippen LogP contribution in [0.5, 0.6) is 0 Å². The highest BCUT2D eigenvalue weighted by Gasteiger charge is 2.23. The predicted octanol–water partition coefficient (Wildman–Crippen LogP) is 2.90. The number of aromatic nitrogens is 5. The summed E-state index contributed by atoms with van der Waals surface area (Å²) >= 11 is 0. The molecule has 0 radical (unpaired) electrons. The molecule has 4 heterocycles. The Morgan fingerprint density at radius 2 is 1.85 bits per heavy atom. The van der Waals surface area contributed by atoms with E-state index in [9.17, 15) is 0 Å². The zero-order valence-electron chi connectivity index (χ0n) is 15.7. The molecule has 27 heavy (non-hydrogen) atoms. The summed E-state index contributed by atoms with van der Waals surface area (Å²) in [4.78, 5) is 6.82. The van der Waals surface area contributed by atoms with Crippen LogP contribution in [0.1, 0.15) is 13.8 Å². The van der Waals surface area contributed by atoms with Crippen LogP contribution in [0.3, 0.4) is 0 Å². The molecule has 7 heteroatoms. The van der Waals surface area contributed by atoms with Gasteiger partial charge in [0.15, 0.2) is 5.65 Å². The Hall–Kier alpha value is -2.93. The van der Waals surface area contributed by atoms with E-state index in [0.717, 1.165) is 46.7 Å². The molecule has 1 aromatic carbocycles. The van der Waals surface area contributed by atoms with Gasteiger partial charge in [-0.1, -0.05) is 6.07 Å². The molecule has 1 aliphatic heterocycles. The fourth-order valence-corrected chi connectivity index (χ4v) is 3.92. The Morgan fingerprint density at radius 3 is 2.67 bits per heavy atom. The molecule has 0 spiro atoms. The lowest BCUT2D eigenvalue weighted by Gasteiger charge is -2.35. The van der Waals surface area contributed by atoms with Gasteiger partial charge in [-0.15, -0.1) is 5.10 Å². The number of imidazole rings is 1. The van der Waals surface area contributed by atoms with Crippen molar-refractivity contribution in [3.63, 3.8) is 0 Å². The molecule has 0 unspecified atom stereocenters. The Morgan fingerprint density at radius 1 is 1.04 bits per heavy atom. The van der Waals surface area contributed by atoms with Crippen LogP contribution in [-0.4, -0.2) is 49.7 Å². The number of morpholine rings is 1. The third-order valence-electron chi connectivity index (χ3n) is 5.13. The Balaban J connectivity index is 1.58. The summed E-state index contributed by atoms with van der Waals surface area (Å²) in [6.45, 7) is 5.89. The van der Waals surface area contributed by atoms with Gasteiger partial charge in [0.2, 0.25) is 0 Å². The fourth-order valence-electron chi connectivity index (χ4n) is 3.92. The molecular weight excluding hydrogens is 340 g/mol. The van der Waals surface area contributed by atoms with Crippen molar-refractivity contribution in [2.24, 2.45) is 7.05 Å². The van der Waals surface area contributed by atoms with Crippen LogP contribution in [0.4, 0.5) is 5.82 Å². The zero-order chi connectivity index (χ0) is 18.5. The summed E-state index contributed by atoms with van der Waals surface area (Å²) in [7, 11) is 1.95. The standard InChI is InChI=1S/C20H22N6O/c1-13-11-25(12-14(2)27-13)20-7-6-19-21-10-18(26(19)23-20)15-4-5-17-16(8-15)9-22-24(17)3/h4-10,13-14H,11-12H2,1-3H3/t13-,14+. The molecule has 0 aliphatic carbocycles. The Labute approximate surface area is 157 Å². The largest absolute Gasteiger partial charge is 0.372 e. The summed E-state index contributed by atoms with van der Waals surface area (Å²) in [6, 6.07) is 10.4. The van der Waals surface area contributed by atoms with E-state index in [1.54, 1.807) is 0 Å². The van der Waals surface area contributed by atoms with Crippen molar-refractivity contribution < 1.29 is 4.74 Å². The second-order valence-electron chi connectivity index (χ2n) is 7.31. The minimum atomic E-state index is 0.196. The first kappa shape index (κ1) is 16.3. The molecule has 4 aromatic rings. The van der Waals surface area contributed by atoms with E-state index in [4.69, 9.17) is 9.84 Å². The number of hydrogen-bond donors (Lipinski definition) is 0. The van der Waals surface area contributed by atoms with E-state index in [-0.39, 0.29) is 12.2 Å². The lowest BCUT2D eigenvalue weighted by atomic mass is 10.1. The molecule has 1 fully saturated rings. The lowest BCUT2D eigenvalue weighted by Crippen LogP contribution is -2.46. The van der Waals surface area contributed by atoms with Crippen LogP contribution < -0.4 is 4.90 Å². The summed E-state index contributed by atoms with van der Waals surface area (Å²) in [5, 5.41) is 10.3. The molecule has 5 rings (SSSR count). The minimum Gasteiger partial charge on any atom is -0.372 e. The minimum absolute atomic E-state index is 0.196. The van der Waals surface area contributed by atoms with E-state index in [1.165, 1.54) is 0 Å². The summed E-state index contributed by atoms with van der Waals surface area (Å²) < 4.78 is 9.66. The molecule has 2 atom stereocenters. The third-order valence-corrected chi connectivity index (χ3v) is 5.13. The number of fused-ring (bicyclic) bond motifs is 2. The molecule has 1 aliphatic rings. The molecule has 3 aromatic heterocycles. The van der Waals surface area contributed by atoms with Crippen molar-refractivity contribution in [3.05, 3.63) is 42.7 Å². The van der Waals surface area contributed by atoms with E-state index in [0.29, 0.717) is 0 Å². The lowest BCUT2D eigenvalue weighted by molar-refractivity contribution is -0.00551. The van der Waals surface area contributed by atoms with Gasteiger partial charge in [0.1, 0.15) is 5.82 Å². The number of benzene rings is 1. The average Bonchev–Trinajstić information content (AvgIpc) is 3.24. The fraction of sp³-hybridized carbons (Fsp3) is 0.350. The molecule has 0 amide bonds. The van der Waals surface area contributed by atoms with Gasteiger partial charge in [0.25, 0.3) is 0 Å². The van der Waals surface area contributed by atoms with Crippen LogP contribution in [0, 0.1) is 0 Å². The van der Waals surface area contributed by atoms with Crippen molar-refractivity contribution >= 4 is 22.4 Å². The average molecular weight is 362 g/mol. The van der Waals surface area contributed by atoms with Crippen molar-refractivity contribution in [1.29, 1.82) is 0 Å². The van der Waals surface area contributed by atoms with Crippen LogP contribution in [0.2, 0.25) is 0 Å². The third kappa shape index (κ3) is 2.75. The van der Waals surface area contributed by atoms with Gasteiger partial charge in [0.05, 0.1) is 35.8 Å². The molecule has 0 saturated carbocycles. The number of ether oxygens (including phenoxy) is 1. The quantitative estimate of drug-likeness (QED) is 0.549. The zero-order valence-corrected chi connectivity index (χ0v) is 15.7. The van der Waals surface area contributed by atoms with Gasteiger partial charge < -0.3 is 9.64 Å². The maximum atomic E-state index is 5.85. The van der Waals surface area contributed by atoms with E-state index < -0.39 is 0 Å². The highest BCUT2D eigenvalue weighted by molar-refractivity contribution is 5.84. The van der Waals surface area contributed by atoms with Crippen molar-refractivity contribution in [2.45, 2.75) is 26.1 Å². The highest BCUT2D eigenvalue weighted by Crippen LogP contribution is 2.26. The highest BCUT2D eigenvalue weighted by atomic mass is 16.5. The van der Waals surface area contributed by atoms with Gasteiger partial charge in [-0.3, -0.25) is 4.68 Å². The smallest absolute Gasteiger partial charge is 0.154 e. The topological polar surface area (TPSA) is 60.5 Å². The first-order valence-electron chi connectivity index (χ1n) is 9.26. The Bertz CT molecular complexity index is 1120. The second kappa shape index (κ2) is 6.06. The number of aryl methyl sites for hydroxylation is 1. The second-order valence-corrected chi connectivity index (χ2v) is 7.31. The van der Waals surface area contributed by atoms with E-state index in [1.807, 2.05) is 40.8 Å². The van der Waals surface area contributed by atoms with Crippen LogP contribution in [-0.2, 0) is 11.8 Å². The molecular formula is C20H22N6O. The molecule has 138 valence electrons. The molecule has 0 N–H and O–H groups in total. The molecule has 1 saturated heterocycles. The van der Waals surface area contributed by atoms with Gasteiger partial charge in [-0.2, -0.15) is 5.10 Å². The molecule has 0 bridgehead atoms. The van der Waals surface area contributed by atoms with Crippen molar-refractivity contribution in [3.8, 4) is 11.3 Å². The predicted molar refractivity (Wildman–Crippen MR) is 105 cm³/mol. The van der Waals surface area contributed by atoms with Crippen molar-refractivity contribution in [2.75, 3.05) is 18.0 Å². The Kier molecular flexibility index (Phi) is 3.65. The van der Waals surface area contributed by atoms with Crippen LogP contribution in [0.15, 0.2) is 42.7 Å². The van der Waals surface area contributed by atoms with Gasteiger partial charge in [-0.25, -0.2) is 9.50 Å². The molecule has 7 nitrogen and oxygen atoms in total. The first-order chi connectivity index (χ1) is 13.1. The summed E-state index contributed by atoms with van der Waals surface area (Å²) in [5.41, 5.74) is 4.01.